The van der Waals surface area contributed by atoms with Crippen molar-refractivity contribution in [3.63, 3.8) is 0 Å². The van der Waals surface area contributed by atoms with Crippen LogP contribution in [0.2, 0.25) is 0 Å². The highest BCUT2D eigenvalue weighted by molar-refractivity contribution is 5.61. The third-order valence-corrected chi connectivity index (χ3v) is 2.61. The van der Waals surface area contributed by atoms with Gasteiger partial charge < -0.3 is 5.73 Å². The second-order valence-corrected chi connectivity index (χ2v) is 4.54. The van der Waals surface area contributed by atoms with Crippen molar-refractivity contribution >= 4 is 5.69 Å². The van der Waals surface area contributed by atoms with Gasteiger partial charge in [-0.3, -0.25) is 0 Å². The van der Waals surface area contributed by atoms with Crippen LogP contribution in [0.15, 0.2) is 30.3 Å². The van der Waals surface area contributed by atoms with E-state index in [1.807, 2.05) is 37.3 Å². The van der Waals surface area contributed by atoms with Crippen molar-refractivity contribution in [2.75, 3.05) is 5.73 Å². The van der Waals surface area contributed by atoms with E-state index in [9.17, 15) is 0 Å². The fourth-order valence-electron chi connectivity index (χ4n) is 1.70. The maximum absolute atomic E-state index is 5.78. The lowest BCUT2D eigenvalue weighted by atomic mass is 10.1. The number of aromatic nitrogens is 2. The van der Waals surface area contributed by atoms with Crippen molar-refractivity contribution in [1.82, 2.24) is 9.97 Å². The highest BCUT2D eigenvalue weighted by atomic mass is 14.9. The Labute approximate surface area is 102 Å². The number of hydrogen-bond acceptors (Lipinski definition) is 3. The number of nitrogens with two attached hydrogens (primary N) is 1. The van der Waals surface area contributed by atoms with Gasteiger partial charge in [0.1, 0.15) is 0 Å². The molecule has 17 heavy (non-hydrogen) atoms. The standard InChI is InChI=1S/C14H17N3/c1-9(2)13-7-10(3)16-14(17-13)11-5-4-6-12(15)8-11/h4-9H,15H2,1-3H3. The molecule has 0 bridgehead atoms. The summed E-state index contributed by atoms with van der Waals surface area (Å²) in [5, 5.41) is 0. The Morgan fingerprint density at radius 1 is 1.12 bits per heavy atom. The Morgan fingerprint density at radius 2 is 1.88 bits per heavy atom. The molecular formula is C14H17N3. The van der Waals surface area contributed by atoms with Crippen molar-refractivity contribution in [2.24, 2.45) is 0 Å². The second-order valence-electron chi connectivity index (χ2n) is 4.54. The number of anilines is 1. The summed E-state index contributed by atoms with van der Waals surface area (Å²) >= 11 is 0. The van der Waals surface area contributed by atoms with Crippen LogP contribution in [0.25, 0.3) is 11.4 Å². The first-order valence-electron chi connectivity index (χ1n) is 5.78. The van der Waals surface area contributed by atoms with Crippen LogP contribution < -0.4 is 5.73 Å². The van der Waals surface area contributed by atoms with Crippen LogP contribution >= 0.6 is 0 Å². The van der Waals surface area contributed by atoms with E-state index in [0.29, 0.717) is 5.92 Å². The van der Waals surface area contributed by atoms with Gasteiger partial charge in [0.05, 0.1) is 0 Å². The minimum absolute atomic E-state index is 0.400. The number of nitrogen functional groups attached to an aromatic ring is 1. The third kappa shape index (κ3) is 2.61. The first-order valence-corrected chi connectivity index (χ1v) is 5.78. The summed E-state index contributed by atoms with van der Waals surface area (Å²) in [5.41, 5.74) is 9.53. The van der Waals surface area contributed by atoms with Crippen LogP contribution in [0.5, 0.6) is 0 Å². The van der Waals surface area contributed by atoms with E-state index in [4.69, 9.17) is 5.73 Å². The van der Waals surface area contributed by atoms with E-state index in [0.717, 1.165) is 28.5 Å². The number of aryl methyl sites for hydroxylation is 1. The molecule has 3 nitrogen and oxygen atoms in total. The molecule has 1 heterocycles. The van der Waals surface area contributed by atoms with E-state index in [1.165, 1.54) is 0 Å². The lowest BCUT2D eigenvalue weighted by molar-refractivity contribution is 0.812. The normalized spacial score (nSPS) is 10.8. The summed E-state index contributed by atoms with van der Waals surface area (Å²) in [6, 6.07) is 9.70. The largest absolute Gasteiger partial charge is 0.399 e. The molecule has 2 N–H and O–H groups in total. The zero-order valence-electron chi connectivity index (χ0n) is 10.4. The minimum Gasteiger partial charge on any atom is -0.399 e. The minimum atomic E-state index is 0.400. The molecule has 0 radical (unpaired) electrons. The fourth-order valence-corrected chi connectivity index (χ4v) is 1.70. The predicted molar refractivity (Wildman–Crippen MR) is 70.7 cm³/mol. The average molecular weight is 227 g/mol. The van der Waals surface area contributed by atoms with E-state index < -0.39 is 0 Å². The van der Waals surface area contributed by atoms with Crippen LogP contribution in [-0.2, 0) is 0 Å². The van der Waals surface area contributed by atoms with Crippen LogP contribution in [0.1, 0.15) is 31.2 Å². The monoisotopic (exact) mass is 227 g/mol. The summed E-state index contributed by atoms with van der Waals surface area (Å²) < 4.78 is 0. The Hall–Kier alpha value is -1.90. The molecular weight excluding hydrogens is 210 g/mol. The smallest absolute Gasteiger partial charge is 0.159 e. The van der Waals surface area contributed by atoms with E-state index in [-0.39, 0.29) is 0 Å². The first kappa shape index (κ1) is 11.6. The third-order valence-electron chi connectivity index (χ3n) is 2.61. The highest BCUT2D eigenvalue weighted by Gasteiger charge is 2.07. The molecule has 0 aliphatic heterocycles. The van der Waals surface area contributed by atoms with Gasteiger partial charge in [0.2, 0.25) is 0 Å². The fraction of sp³-hybridized carbons (Fsp3) is 0.286. The maximum Gasteiger partial charge on any atom is 0.159 e. The van der Waals surface area contributed by atoms with Gasteiger partial charge in [0, 0.05) is 22.6 Å². The molecule has 0 atom stereocenters. The van der Waals surface area contributed by atoms with Crippen LogP contribution in [-0.4, -0.2) is 9.97 Å². The van der Waals surface area contributed by atoms with Crippen LogP contribution in [0, 0.1) is 6.92 Å². The lowest BCUT2D eigenvalue weighted by Crippen LogP contribution is -2.00. The molecule has 1 aromatic heterocycles. The van der Waals surface area contributed by atoms with Crippen molar-refractivity contribution < 1.29 is 0 Å². The molecule has 2 rings (SSSR count). The summed E-state index contributed by atoms with van der Waals surface area (Å²) in [6.07, 6.45) is 0. The zero-order chi connectivity index (χ0) is 12.4. The molecule has 0 saturated heterocycles. The molecule has 0 amide bonds. The van der Waals surface area contributed by atoms with Crippen LogP contribution in [0.4, 0.5) is 5.69 Å². The first-order chi connectivity index (χ1) is 8.06. The zero-order valence-corrected chi connectivity index (χ0v) is 10.4. The average Bonchev–Trinajstić information content (AvgIpc) is 2.28. The van der Waals surface area contributed by atoms with Gasteiger partial charge in [-0.15, -0.1) is 0 Å². The molecule has 0 unspecified atom stereocenters. The topological polar surface area (TPSA) is 51.8 Å². The van der Waals surface area contributed by atoms with Gasteiger partial charge in [-0.2, -0.15) is 0 Å². The van der Waals surface area contributed by atoms with Crippen molar-refractivity contribution in [3.8, 4) is 11.4 Å². The summed E-state index contributed by atoms with van der Waals surface area (Å²) in [5.74, 6) is 1.15. The van der Waals surface area contributed by atoms with Gasteiger partial charge in [-0.1, -0.05) is 26.0 Å². The van der Waals surface area contributed by atoms with Gasteiger partial charge in [0.25, 0.3) is 0 Å². The maximum atomic E-state index is 5.78. The Morgan fingerprint density at radius 3 is 2.53 bits per heavy atom. The summed E-state index contributed by atoms with van der Waals surface area (Å²) in [6.45, 7) is 6.25. The molecule has 0 fully saturated rings. The van der Waals surface area contributed by atoms with Crippen molar-refractivity contribution in [1.29, 1.82) is 0 Å². The summed E-state index contributed by atoms with van der Waals surface area (Å²) in [7, 11) is 0. The molecule has 88 valence electrons. The van der Waals surface area contributed by atoms with E-state index in [1.54, 1.807) is 0 Å². The van der Waals surface area contributed by atoms with Gasteiger partial charge in [-0.25, -0.2) is 9.97 Å². The van der Waals surface area contributed by atoms with Crippen molar-refractivity contribution in [2.45, 2.75) is 26.7 Å². The van der Waals surface area contributed by atoms with E-state index >= 15 is 0 Å². The second kappa shape index (κ2) is 4.53. The van der Waals surface area contributed by atoms with Crippen molar-refractivity contribution in [3.05, 3.63) is 41.7 Å². The molecule has 0 saturated carbocycles. The molecule has 0 aliphatic carbocycles. The van der Waals surface area contributed by atoms with Crippen LogP contribution in [0.3, 0.4) is 0 Å². The van der Waals surface area contributed by atoms with Gasteiger partial charge in [0.15, 0.2) is 5.82 Å². The quantitative estimate of drug-likeness (QED) is 0.802. The predicted octanol–water partition coefficient (Wildman–Crippen LogP) is 3.16. The Bertz CT molecular complexity index is 533. The molecule has 3 heteroatoms. The Balaban J connectivity index is 2.52. The van der Waals surface area contributed by atoms with E-state index in [2.05, 4.69) is 23.8 Å². The SMILES string of the molecule is Cc1cc(C(C)C)nc(-c2cccc(N)c2)n1. The summed E-state index contributed by atoms with van der Waals surface area (Å²) in [4.78, 5) is 9.04. The number of nitrogens with zero attached hydrogens (tertiary/aromatic N) is 2. The molecule has 0 spiro atoms. The Kier molecular flexibility index (Phi) is 3.09. The molecule has 2 aromatic rings. The molecule has 1 aromatic carbocycles. The number of hydrogen-bond donors (Lipinski definition) is 1. The highest BCUT2D eigenvalue weighted by Crippen LogP contribution is 2.21. The number of rotatable bonds is 2. The lowest BCUT2D eigenvalue weighted by Gasteiger charge is -2.08. The van der Waals surface area contributed by atoms with Gasteiger partial charge >= 0.3 is 0 Å². The van der Waals surface area contributed by atoms with Gasteiger partial charge in [-0.05, 0) is 31.0 Å². The molecule has 0 aliphatic rings. The number of benzene rings is 1.